The van der Waals surface area contributed by atoms with E-state index in [1.807, 2.05) is 0 Å². The number of methoxy groups -OCH3 is 1. The Kier molecular flexibility index (Phi) is 1.69. The monoisotopic (exact) mass is 162 g/mol. The van der Waals surface area contributed by atoms with Crippen molar-refractivity contribution < 1.29 is 4.74 Å². The quantitative estimate of drug-likeness (QED) is 0.648. The molecular weight excluding hydrogens is 148 g/mol. The Labute approximate surface area is 73.4 Å². The van der Waals surface area contributed by atoms with E-state index in [9.17, 15) is 0 Å². The molecule has 1 aromatic carbocycles. The fourth-order valence-corrected chi connectivity index (χ4v) is 1.79. The van der Waals surface area contributed by atoms with Crippen LogP contribution in [0, 0.1) is 0 Å². The maximum absolute atomic E-state index is 5.33. The van der Waals surface area contributed by atoms with Gasteiger partial charge in [-0.15, -0.1) is 0 Å². The number of rotatable bonds is 2. The normalized spacial score (nSPS) is 33.3. The maximum atomic E-state index is 5.33. The summed E-state index contributed by atoms with van der Waals surface area (Å²) in [5.41, 5.74) is 1.69. The third kappa shape index (κ3) is 1.05. The average Bonchev–Trinajstić information content (AvgIpc) is 2.81. The van der Waals surface area contributed by atoms with Gasteiger partial charge in [-0.3, -0.25) is 0 Å². The van der Waals surface area contributed by atoms with Gasteiger partial charge in [0.1, 0.15) is 0 Å². The van der Waals surface area contributed by atoms with Gasteiger partial charge in [-0.25, -0.2) is 0 Å². The first-order valence-electron chi connectivity index (χ1n) is 4.36. The topological polar surface area (TPSA) is 9.23 Å². The minimum absolute atomic E-state index is 0.288. The highest BCUT2D eigenvalue weighted by Crippen LogP contribution is 2.49. The van der Waals surface area contributed by atoms with Crippen LogP contribution in [0.25, 0.3) is 0 Å². The summed E-state index contributed by atoms with van der Waals surface area (Å²) in [4.78, 5) is 0. The Morgan fingerprint density at radius 3 is 2.50 bits per heavy atom. The fourth-order valence-electron chi connectivity index (χ4n) is 1.79. The van der Waals surface area contributed by atoms with Crippen molar-refractivity contribution in [2.75, 3.05) is 7.11 Å². The highest BCUT2D eigenvalue weighted by atomic mass is 16.5. The van der Waals surface area contributed by atoms with Crippen molar-refractivity contribution in [3.05, 3.63) is 35.9 Å². The molecule has 1 saturated carbocycles. The molecule has 12 heavy (non-hydrogen) atoms. The predicted molar refractivity (Wildman–Crippen MR) is 49.2 cm³/mol. The van der Waals surface area contributed by atoms with E-state index in [0.717, 1.165) is 6.42 Å². The van der Waals surface area contributed by atoms with Gasteiger partial charge in [0.2, 0.25) is 0 Å². The highest BCUT2D eigenvalue weighted by Gasteiger charge is 2.51. The van der Waals surface area contributed by atoms with Gasteiger partial charge in [0.05, 0.1) is 6.10 Å². The third-order valence-corrected chi connectivity index (χ3v) is 2.88. The van der Waals surface area contributed by atoms with E-state index < -0.39 is 0 Å². The molecule has 0 saturated heterocycles. The first kappa shape index (κ1) is 7.81. The van der Waals surface area contributed by atoms with Crippen molar-refractivity contribution in [2.24, 2.45) is 0 Å². The Bertz CT molecular complexity index is 268. The molecule has 2 rings (SSSR count). The molecule has 0 heterocycles. The zero-order chi connectivity index (χ0) is 8.60. The molecular formula is C11H14O. The lowest BCUT2D eigenvalue weighted by atomic mass is 9.98. The molecule has 2 unspecified atom stereocenters. The zero-order valence-electron chi connectivity index (χ0n) is 7.58. The van der Waals surface area contributed by atoms with Gasteiger partial charge in [0.25, 0.3) is 0 Å². The molecule has 0 radical (unpaired) electrons. The Morgan fingerprint density at radius 1 is 1.33 bits per heavy atom. The molecule has 1 nitrogen and oxygen atoms in total. The summed E-state index contributed by atoms with van der Waals surface area (Å²) in [6.07, 6.45) is 1.59. The number of benzene rings is 1. The van der Waals surface area contributed by atoms with E-state index in [4.69, 9.17) is 4.74 Å². The van der Waals surface area contributed by atoms with Crippen LogP contribution in [0.5, 0.6) is 0 Å². The van der Waals surface area contributed by atoms with Crippen molar-refractivity contribution in [2.45, 2.75) is 24.9 Å². The van der Waals surface area contributed by atoms with Crippen LogP contribution in [0.15, 0.2) is 30.3 Å². The van der Waals surface area contributed by atoms with Crippen LogP contribution in [-0.4, -0.2) is 13.2 Å². The van der Waals surface area contributed by atoms with Crippen LogP contribution in [-0.2, 0) is 10.2 Å². The number of hydrogen-bond donors (Lipinski definition) is 0. The molecule has 0 spiro atoms. The van der Waals surface area contributed by atoms with Crippen LogP contribution in [0.2, 0.25) is 0 Å². The average molecular weight is 162 g/mol. The van der Waals surface area contributed by atoms with Crippen LogP contribution in [0.4, 0.5) is 0 Å². The first-order valence-corrected chi connectivity index (χ1v) is 4.36. The largest absolute Gasteiger partial charge is 0.381 e. The maximum Gasteiger partial charge on any atom is 0.0675 e. The third-order valence-electron chi connectivity index (χ3n) is 2.88. The van der Waals surface area contributed by atoms with Crippen molar-refractivity contribution >= 4 is 0 Å². The molecule has 0 bridgehead atoms. The van der Waals surface area contributed by atoms with Crippen LogP contribution in [0.1, 0.15) is 18.9 Å². The Balaban J connectivity index is 2.23. The first-order chi connectivity index (χ1) is 5.77. The minimum atomic E-state index is 0.288. The molecule has 0 aromatic heterocycles. The second-order valence-electron chi connectivity index (χ2n) is 3.71. The van der Waals surface area contributed by atoms with Crippen LogP contribution < -0.4 is 0 Å². The van der Waals surface area contributed by atoms with Gasteiger partial charge in [-0.2, -0.15) is 0 Å². The molecule has 1 aliphatic carbocycles. The zero-order valence-corrected chi connectivity index (χ0v) is 7.58. The van der Waals surface area contributed by atoms with Crippen LogP contribution >= 0.6 is 0 Å². The van der Waals surface area contributed by atoms with Crippen molar-refractivity contribution in [3.8, 4) is 0 Å². The second kappa shape index (κ2) is 2.60. The minimum Gasteiger partial charge on any atom is -0.381 e. The summed E-state index contributed by atoms with van der Waals surface area (Å²) in [6.45, 7) is 2.26. The van der Waals surface area contributed by atoms with Crippen molar-refractivity contribution in [1.82, 2.24) is 0 Å². The molecule has 0 N–H and O–H groups in total. The summed E-state index contributed by atoms with van der Waals surface area (Å²) >= 11 is 0. The molecule has 1 heteroatoms. The van der Waals surface area contributed by atoms with Gasteiger partial charge in [-0.05, 0) is 12.0 Å². The lowest BCUT2D eigenvalue weighted by Gasteiger charge is -2.09. The highest BCUT2D eigenvalue weighted by molar-refractivity contribution is 5.33. The standard InChI is InChI=1S/C11H14O/c1-11(8-10(11)12-2)9-6-4-3-5-7-9/h3-7,10H,8H2,1-2H3. The number of ether oxygens (including phenoxy) is 1. The van der Waals surface area contributed by atoms with Gasteiger partial charge < -0.3 is 4.74 Å². The summed E-state index contributed by atoms with van der Waals surface area (Å²) in [5.74, 6) is 0. The SMILES string of the molecule is COC1CC1(C)c1ccccc1. The van der Waals surface area contributed by atoms with E-state index in [1.165, 1.54) is 5.56 Å². The van der Waals surface area contributed by atoms with Crippen molar-refractivity contribution in [1.29, 1.82) is 0 Å². The predicted octanol–water partition coefficient (Wildman–Crippen LogP) is 2.36. The smallest absolute Gasteiger partial charge is 0.0675 e. The van der Waals surface area contributed by atoms with E-state index >= 15 is 0 Å². The van der Waals surface area contributed by atoms with Gasteiger partial charge >= 0.3 is 0 Å². The van der Waals surface area contributed by atoms with Crippen LogP contribution in [0.3, 0.4) is 0 Å². The van der Waals surface area contributed by atoms with Gasteiger partial charge in [0, 0.05) is 12.5 Å². The van der Waals surface area contributed by atoms with E-state index in [0.29, 0.717) is 6.10 Å². The summed E-state index contributed by atoms with van der Waals surface area (Å²) in [6, 6.07) is 10.6. The molecule has 64 valence electrons. The Morgan fingerprint density at radius 2 is 2.00 bits per heavy atom. The molecule has 0 amide bonds. The summed E-state index contributed by atoms with van der Waals surface area (Å²) < 4.78 is 5.33. The molecule has 1 fully saturated rings. The Hall–Kier alpha value is -0.820. The summed E-state index contributed by atoms with van der Waals surface area (Å²) in [7, 11) is 1.79. The van der Waals surface area contributed by atoms with E-state index in [2.05, 4.69) is 37.3 Å². The number of hydrogen-bond acceptors (Lipinski definition) is 1. The molecule has 1 aromatic rings. The molecule has 2 atom stereocenters. The van der Waals surface area contributed by atoms with E-state index in [1.54, 1.807) is 7.11 Å². The van der Waals surface area contributed by atoms with Gasteiger partial charge in [0.15, 0.2) is 0 Å². The molecule has 0 aliphatic heterocycles. The fraction of sp³-hybridized carbons (Fsp3) is 0.455. The lowest BCUT2D eigenvalue weighted by Crippen LogP contribution is -2.08. The summed E-state index contributed by atoms with van der Waals surface area (Å²) in [5, 5.41) is 0. The van der Waals surface area contributed by atoms with Crippen molar-refractivity contribution in [3.63, 3.8) is 0 Å². The lowest BCUT2D eigenvalue weighted by molar-refractivity contribution is 0.164. The van der Waals surface area contributed by atoms with E-state index in [-0.39, 0.29) is 5.41 Å². The second-order valence-corrected chi connectivity index (χ2v) is 3.71. The molecule has 1 aliphatic rings. The van der Waals surface area contributed by atoms with Gasteiger partial charge in [-0.1, -0.05) is 37.3 Å².